The Hall–Kier alpha value is -2.08. The number of carbonyl (C=O) groups excluding carboxylic acids is 1. The van der Waals surface area contributed by atoms with Gasteiger partial charge >= 0.3 is 0 Å². The average molecular weight is 374 g/mol. The second-order valence-electron chi connectivity index (χ2n) is 6.50. The first-order valence-corrected chi connectivity index (χ1v) is 9.09. The van der Waals surface area contributed by atoms with Crippen molar-refractivity contribution in [2.24, 2.45) is 0 Å². The number of rotatable bonds is 5. The summed E-state index contributed by atoms with van der Waals surface area (Å²) in [5.41, 5.74) is 2.89. The first-order chi connectivity index (χ1) is 12.6. The molecule has 1 atom stereocenters. The summed E-state index contributed by atoms with van der Waals surface area (Å²) in [5, 5.41) is 7.09. The van der Waals surface area contributed by atoms with Crippen molar-refractivity contribution in [3.63, 3.8) is 0 Å². The third-order valence-electron chi connectivity index (χ3n) is 4.56. The van der Waals surface area contributed by atoms with E-state index in [2.05, 4.69) is 21.6 Å². The van der Waals surface area contributed by atoms with Crippen LogP contribution in [0, 0.1) is 6.92 Å². The fraction of sp³-hybridized carbons (Fsp3) is 0.350. The molecule has 0 bridgehead atoms. The van der Waals surface area contributed by atoms with Crippen LogP contribution in [0.4, 0.5) is 5.69 Å². The van der Waals surface area contributed by atoms with Crippen LogP contribution in [0.15, 0.2) is 42.5 Å². The van der Waals surface area contributed by atoms with Crippen LogP contribution in [0.3, 0.4) is 0 Å². The van der Waals surface area contributed by atoms with Crippen molar-refractivity contribution in [3.05, 3.63) is 58.6 Å². The molecule has 1 aliphatic heterocycles. The minimum absolute atomic E-state index is 0.0529. The van der Waals surface area contributed by atoms with Gasteiger partial charge in [0.05, 0.1) is 19.3 Å². The van der Waals surface area contributed by atoms with E-state index in [1.54, 1.807) is 7.11 Å². The lowest BCUT2D eigenvalue weighted by Crippen LogP contribution is -2.48. The van der Waals surface area contributed by atoms with Gasteiger partial charge < -0.3 is 15.4 Å². The molecule has 1 aliphatic rings. The van der Waals surface area contributed by atoms with Crippen molar-refractivity contribution in [3.8, 4) is 5.75 Å². The fourth-order valence-corrected chi connectivity index (χ4v) is 3.47. The van der Waals surface area contributed by atoms with E-state index in [0.29, 0.717) is 23.0 Å². The van der Waals surface area contributed by atoms with Gasteiger partial charge in [0, 0.05) is 30.7 Å². The van der Waals surface area contributed by atoms with Crippen LogP contribution in [0.25, 0.3) is 0 Å². The van der Waals surface area contributed by atoms with Gasteiger partial charge in [-0.25, -0.2) is 0 Å². The summed E-state index contributed by atoms with van der Waals surface area (Å²) < 4.78 is 5.34. The molecule has 0 radical (unpaired) electrons. The highest BCUT2D eigenvalue weighted by Gasteiger charge is 2.26. The van der Waals surface area contributed by atoms with E-state index < -0.39 is 0 Å². The van der Waals surface area contributed by atoms with Crippen LogP contribution >= 0.6 is 11.6 Å². The average Bonchev–Trinajstić information content (AvgIpc) is 2.62. The molecule has 6 heteroatoms. The summed E-state index contributed by atoms with van der Waals surface area (Å²) in [7, 11) is 1.60. The molecule has 1 unspecified atom stereocenters. The minimum Gasteiger partial charge on any atom is -0.495 e. The monoisotopic (exact) mass is 373 g/mol. The van der Waals surface area contributed by atoms with Gasteiger partial charge in [0.15, 0.2) is 0 Å². The number of piperazine rings is 1. The summed E-state index contributed by atoms with van der Waals surface area (Å²) in [6.07, 6.45) is 0. The Balaban J connectivity index is 1.72. The molecule has 2 aromatic rings. The van der Waals surface area contributed by atoms with Gasteiger partial charge in [0.2, 0.25) is 5.91 Å². The molecule has 1 saturated heterocycles. The number of ether oxygens (including phenoxy) is 1. The Morgan fingerprint density at radius 1 is 1.35 bits per heavy atom. The van der Waals surface area contributed by atoms with E-state index >= 15 is 0 Å². The number of aryl methyl sites for hydroxylation is 1. The molecule has 0 spiro atoms. The minimum atomic E-state index is -0.0529. The van der Waals surface area contributed by atoms with Crippen LogP contribution < -0.4 is 15.4 Å². The quantitative estimate of drug-likeness (QED) is 0.844. The molecule has 3 rings (SSSR count). The Bertz CT molecular complexity index is 781. The van der Waals surface area contributed by atoms with E-state index in [1.165, 1.54) is 0 Å². The first kappa shape index (κ1) is 18.7. The van der Waals surface area contributed by atoms with E-state index in [0.717, 1.165) is 30.8 Å². The van der Waals surface area contributed by atoms with Crippen LogP contribution in [0.1, 0.15) is 17.2 Å². The SMILES string of the molecule is COc1ccc(C)cc1NC(=O)CN1CCNCC1c1cccc(Cl)c1. The lowest BCUT2D eigenvalue weighted by Gasteiger charge is -2.36. The van der Waals surface area contributed by atoms with Gasteiger partial charge in [-0.15, -0.1) is 0 Å². The van der Waals surface area contributed by atoms with Crippen molar-refractivity contribution in [2.45, 2.75) is 13.0 Å². The summed E-state index contributed by atoms with van der Waals surface area (Å²) in [6.45, 7) is 4.76. The lowest BCUT2D eigenvalue weighted by molar-refractivity contribution is -0.118. The molecule has 26 heavy (non-hydrogen) atoms. The predicted molar refractivity (Wildman–Crippen MR) is 105 cm³/mol. The number of carbonyl (C=O) groups is 1. The predicted octanol–water partition coefficient (Wildman–Crippen LogP) is 3.24. The van der Waals surface area contributed by atoms with Gasteiger partial charge in [-0.2, -0.15) is 0 Å². The first-order valence-electron chi connectivity index (χ1n) is 8.71. The highest BCUT2D eigenvalue weighted by Crippen LogP contribution is 2.27. The van der Waals surface area contributed by atoms with Crippen LogP contribution in [0.5, 0.6) is 5.75 Å². The Kier molecular flexibility index (Phi) is 6.14. The van der Waals surface area contributed by atoms with Crippen LogP contribution in [-0.4, -0.2) is 44.1 Å². The molecule has 1 amide bonds. The maximum absolute atomic E-state index is 12.6. The van der Waals surface area contributed by atoms with Gasteiger partial charge in [-0.1, -0.05) is 29.8 Å². The van der Waals surface area contributed by atoms with Gasteiger partial charge in [-0.3, -0.25) is 9.69 Å². The number of amides is 1. The second-order valence-corrected chi connectivity index (χ2v) is 6.93. The number of benzene rings is 2. The van der Waals surface area contributed by atoms with Gasteiger partial charge in [0.1, 0.15) is 5.75 Å². The Morgan fingerprint density at radius 2 is 2.19 bits per heavy atom. The van der Waals surface area contributed by atoms with E-state index in [1.807, 2.05) is 43.3 Å². The summed E-state index contributed by atoms with van der Waals surface area (Å²) >= 11 is 6.14. The smallest absolute Gasteiger partial charge is 0.238 e. The summed E-state index contributed by atoms with van der Waals surface area (Å²) in [4.78, 5) is 14.8. The lowest BCUT2D eigenvalue weighted by atomic mass is 10.0. The van der Waals surface area contributed by atoms with Gasteiger partial charge in [0.25, 0.3) is 0 Å². The number of halogens is 1. The maximum atomic E-state index is 12.6. The molecular formula is C20H24ClN3O2. The number of hydrogen-bond donors (Lipinski definition) is 2. The van der Waals surface area contributed by atoms with Crippen molar-refractivity contribution >= 4 is 23.2 Å². The van der Waals surface area contributed by atoms with Crippen molar-refractivity contribution in [1.29, 1.82) is 0 Å². The zero-order valence-electron chi connectivity index (χ0n) is 15.1. The highest BCUT2D eigenvalue weighted by atomic mass is 35.5. The van der Waals surface area contributed by atoms with E-state index in [9.17, 15) is 4.79 Å². The molecular weight excluding hydrogens is 350 g/mol. The molecule has 138 valence electrons. The number of methoxy groups -OCH3 is 1. The standard InChI is InChI=1S/C20H24ClN3O2/c1-14-6-7-19(26-2)17(10-14)23-20(25)13-24-9-8-22-12-18(24)15-4-3-5-16(21)11-15/h3-7,10-11,18,22H,8-9,12-13H2,1-2H3,(H,23,25). The zero-order chi connectivity index (χ0) is 18.5. The maximum Gasteiger partial charge on any atom is 0.238 e. The third-order valence-corrected chi connectivity index (χ3v) is 4.80. The fourth-order valence-electron chi connectivity index (χ4n) is 3.27. The zero-order valence-corrected chi connectivity index (χ0v) is 15.8. The number of nitrogens with zero attached hydrogens (tertiary/aromatic N) is 1. The topological polar surface area (TPSA) is 53.6 Å². The molecule has 1 fully saturated rings. The summed E-state index contributed by atoms with van der Waals surface area (Å²) in [6, 6.07) is 13.7. The van der Waals surface area contributed by atoms with Crippen molar-refractivity contribution < 1.29 is 9.53 Å². The summed E-state index contributed by atoms with van der Waals surface area (Å²) in [5.74, 6) is 0.610. The Labute approximate surface area is 159 Å². The van der Waals surface area contributed by atoms with E-state index in [-0.39, 0.29) is 11.9 Å². The largest absolute Gasteiger partial charge is 0.495 e. The number of hydrogen-bond acceptors (Lipinski definition) is 4. The van der Waals surface area contributed by atoms with Crippen molar-refractivity contribution in [2.75, 3.05) is 38.6 Å². The third kappa shape index (κ3) is 4.55. The second kappa shape index (κ2) is 8.54. The molecule has 1 heterocycles. The van der Waals surface area contributed by atoms with Crippen LogP contribution in [0.2, 0.25) is 5.02 Å². The molecule has 2 N–H and O–H groups in total. The Morgan fingerprint density at radius 3 is 2.96 bits per heavy atom. The molecule has 2 aromatic carbocycles. The number of anilines is 1. The molecule has 0 aromatic heterocycles. The molecule has 0 aliphatic carbocycles. The van der Waals surface area contributed by atoms with Crippen molar-refractivity contribution in [1.82, 2.24) is 10.2 Å². The molecule has 5 nitrogen and oxygen atoms in total. The number of nitrogens with one attached hydrogen (secondary N) is 2. The van der Waals surface area contributed by atoms with E-state index in [4.69, 9.17) is 16.3 Å². The van der Waals surface area contributed by atoms with Crippen LogP contribution in [-0.2, 0) is 4.79 Å². The highest BCUT2D eigenvalue weighted by molar-refractivity contribution is 6.30. The molecule has 0 saturated carbocycles. The van der Waals surface area contributed by atoms with Gasteiger partial charge in [-0.05, 0) is 42.3 Å². The normalized spacial score (nSPS) is 17.7.